The minimum atomic E-state index is 0.0579. The maximum absolute atomic E-state index is 6.88. The van der Waals surface area contributed by atoms with Crippen molar-refractivity contribution >= 4 is 11.4 Å². The van der Waals surface area contributed by atoms with E-state index in [0.29, 0.717) is 0 Å². The van der Waals surface area contributed by atoms with Gasteiger partial charge in [-0.2, -0.15) is 0 Å². The molecule has 42 valence electrons. The number of nitrogen functional groups attached to an aromatic ring is 2. The third-order valence-electron chi connectivity index (χ3n) is 1.08. The molecule has 0 atom stereocenters. The standard InChI is InChI=1S/C4H6N4/c5-1-2(6)4(8)3(1)7/h5-6H,7-8H2. The molecule has 0 aromatic heterocycles. The molecule has 1 rings (SSSR count). The zero-order valence-corrected chi connectivity index (χ0v) is 4.15. The van der Waals surface area contributed by atoms with Gasteiger partial charge in [0.15, 0.2) is 0 Å². The van der Waals surface area contributed by atoms with Crippen molar-refractivity contribution in [1.82, 2.24) is 0 Å². The summed E-state index contributed by atoms with van der Waals surface area (Å²) in [5, 5.41) is 13.9. The van der Waals surface area contributed by atoms with Gasteiger partial charge in [0.1, 0.15) is 10.7 Å². The Labute approximate surface area is 45.5 Å². The Hall–Kier alpha value is -1.32. The van der Waals surface area contributed by atoms with Crippen LogP contribution in [0.3, 0.4) is 0 Å². The van der Waals surface area contributed by atoms with Gasteiger partial charge in [-0.15, -0.1) is 0 Å². The predicted octanol–water partition coefficient (Wildman–Crippen LogP) is -1.31. The van der Waals surface area contributed by atoms with Gasteiger partial charge >= 0.3 is 0 Å². The summed E-state index contributed by atoms with van der Waals surface area (Å²) in [6.07, 6.45) is 0. The van der Waals surface area contributed by atoms with Gasteiger partial charge < -0.3 is 11.5 Å². The molecule has 0 spiro atoms. The summed E-state index contributed by atoms with van der Waals surface area (Å²) in [5.41, 5.74) is 10.8. The van der Waals surface area contributed by atoms with E-state index in [2.05, 4.69) is 0 Å². The molecule has 0 bridgehead atoms. The van der Waals surface area contributed by atoms with Crippen molar-refractivity contribution in [3.8, 4) is 0 Å². The number of nitrogens with one attached hydrogen (secondary N) is 2. The number of hydrogen-bond acceptors (Lipinski definition) is 4. The molecule has 0 radical (unpaired) electrons. The van der Waals surface area contributed by atoms with E-state index >= 15 is 0 Å². The third kappa shape index (κ3) is 0.294. The van der Waals surface area contributed by atoms with Crippen LogP contribution in [-0.2, 0) is 0 Å². The average Bonchev–Trinajstić information content (AvgIpc) is 1.83. The summed E-state index contributed by atoms with van der Waals surface area (Å²) >= 11 is 0. The Bertz CT molecular complexity index is 248. The van der Waals surface area contributed by atoms with Gasteiger partial charge in [0, 0.05) is 0 Å². The van der Waals surface area contributed by atoms with Crippen LogP contribution in [0.2, 0.25) is 0 Å². The minimum absolute atomic E-state index is 0.0579. The summed E-state index contributed by atoms with van der Waals surface area (Å²) in [6, 6.07) is 0. The van der Waals surface area contributed by atoms with Crippen LogP contribution in [0.1, 0.15) is 0 Å². The quantitative estimate of drug-likeness (QED) is 0.333. The van der Waals surface area contributed by atoms with Gasteiger partial charge in [-0.3, -0.25) is 10.8 Å². The molecule has 1 aromatic rings. The first-order valence-electron chi connectivity index (χ1n) is 2.08. The summed E-state index contributed by atoms with van der Waals surface area (Å²) in [4.78, 5) is 0. The first-order chi connectivity index (χ1) is 3.64. The molecule has 0 saturated heterocycles. The van der Waals surface area contributed by atoms with Crippen LogP contribution in [0.15, 0.2) is 0 Å². The van der Waals surface area contributed by atoms with Crippen LogP contribution in [0.4, 0.5) is 11.4 Å². The summed E-state index contributed by atoms with van der Waals surface area (Å²) in [5.74, 6) is 0. The van der Waals surface area contributed by atoms with Gasteiger partial charge in [0.25, 0.3) is 0 Å². The molecule has 0 fully saturated rings. The van der Waals surface area contributed by atoms with E-state index in [-0.39, 0.29) is 22.1 Å². The topological polar surface area (TPSA) is 99.7 Å². The minimum Gasteiger partial charge on any atom is -0.395 e. The van der Waals surface area contributed by atoms with Crippen LogP contribution >= 0.6 is 0 Å². The molecule has 0 amide bonds. The molecule has 0 unspecified atom stereocenters. The maximum Gasteiger partial charge on any atom is 0.106 e. The fraction of sp³-hybridized carbons (Fsp3) is 0. The van der Waals surface area contributed by atoms with Crippen LogP contribution in [0.5, 0.6) is 0 Å². The van der Waals surface area contributed by atoms with Gasteiger partial charge in [-0.25, -0.2) is 0 Å². The lowest BCUT2D eigenvalue weighted by Gasteiger charge is -2.01. The van der Waals surface area contributed by atoms with Crippen molar-refractivity contribution in [2.75, 3.05) is 11.5 Å². The van der Waals surface area contributed by atoms with E-state index in [1.807, 2.05) is 0 Å². The Morgan fingerprint density at radius 3 is 1.25 bits per heavy atom. The highest BCUT2D eigenvalue weighted by atomic mass is 14.7. The fourth-order valence-electron chi connectivity index (χ4n) is 0.476. The SMILES string of the molecule is N=c1c(N)c(N)c1=N. The Balaban J connectivity index is 3.48. The highest BCUT2D eigenvalue weighted by molar-refractivity contribution is 5.66. The first-order valence-corrected chi connectivity index (χ1v) is 2.08. The molecule has 0 aliphatic heterocycles. The highest BCUT2D eigenvalue weighted by Gasteiger charge is 2.05. The third-order valence-corrected chi connectivity index (χ3v) is 1.08. The smallest absolute Gasteiger partial charge is 0.106 e. The van der Waals surface area contributed by atoms with E-state index in [0.717, 1.165) is 0 Å². The second-order valence-electron chi connectivity index (χ2n) is 1.58. The van der Waals surface area contributed by atoms with Crippen LogP contribution in [-0.4, -0.2) is 0 Å². The zero-order chi connectivity index (χ0) is 6.31. The van der Waals surface area contributed by atoms with Crippen molar-refractivity contribution < 1.29 is 0 Å². The molecule has 0 aliphatic carbocycles. The molecule has 4 heteroatoms. The lowest BCUT2D eigenvalue weighted by molar-refractivity contribution is 1.11. The van der Waals surface area contributed by atoms with E-state index in [9.17, 15) is 0 Å². The first kappa shape index (κ1) is 4.83. The van der Waals surface area contributed by atoms with Gasteiger partial charge in [-0.1, -0.05) is 0 Å². The average molecular weight is 110 g/mol. The lowest BCUT2D eigenvalue weighted by Crippen LogP contribution is -2.36. The monoisotopic (exact) mass is 110 g/mol. The van der Waals surface area contributed by atoms with E-state index in [1.54, 1.807) is 0 Å². The van der Waals surface area contributed by atoms with Gasteiger partial charge in [-0.05, 0) is 0 Å². The zero-order valence-electron chi connectivity index (χ0n) is 4.15. The number of anilines is 2. The van der Waals surface area contributed by atoms with E-state index in [1.165, 1.54) is 0 Å². The van der Waals surface area contributed by atoms with Crippen LogP contribution in [0, 0.1) is 10.8 Å². The normalized spacial score (nSPS) is 10.0. The Kier molecular flexibility index (Phi) is 0.658. The number of rotatable bonds is 0. The summed E-state index contributed by atoms with van der Waals surface area (Å²) in [6.45, 7) is 0. The van der Waals surface area contributed by atoms with Gasteiger partial charge in [0.05, 0.1) is 11.4 Å². The van der Waals surface area contributed by atoms with Crippen LogP contribution in [0.25, 0.3) is 0 Å². The second-order valence-corrected chi connectivity index (χ2v) is 1.58. The number of nitrogens with two attached hydrogens (primary N) is 2. The highest BCUT2D eigenvalue weighted by Crippen LogP contribution is 2.00. The lowest BCUT2D eigenvalue weighted by atomic mass is 10.2. The molecule has 0 heterocycles. The second kappa shape index (κ2) is 1.09. The molecule has 6 N–H and O–H groups in total. The van der Waals surface area contributed by atoms with Crippen molar-refractivity contribution in [3.05, 3.63) is 10.7 Å². The Morgan fingerprint density at radius 2 is 1.12 bits per heavy atom. The molecular weight excluding hydrogens is 104 g/mol. The number of hydrogen-bond donors (Lipinski definition) is 4. The van der Waals surface area contributed by atoms with Crippen molar-refractivity contribution in [2.24, 2.45) is 0 Å². The predicted molar refractivity (Wildman–Crippen MR) is 29.3 cm³/mol. The molecule has 0 aliphatic rings. The Morgan fingerprint density at radius 1 is 0.875 bits per heavy atom. The van der Waals surface area contributed by atoms with E-state index in [4.69, 9.17) is 22.3 Å². The fourth-order valence-corrected chi connectivity index (χ4v) is 0.476. The molecule has 8 heavy (non-hydrogen) atoms. The van der Waals surface area contributed by atoms with Crippen LogP contribution < -0.4 is 22.2 Å². The van der Waals surface area contributed by atoms with E-state index < -0.39 is 0 Å². The van der Waals surface area contributed by atoms with Crippen molar-refractivity contribution in [2.45, 2.75) is 0 Å². The van der Waals surface area contributed by atoms with Gasteiger partial charge in [0.2, 0.25) is 0 Å². The summed E-state index contributed by atoms with van der Waals surface area (Å²) < 4.78 is 0. The maximum atomic E-state index is 6.88. The molecule has 4 nitrogen and oxygen atoms in total. The molecule has 1 aromatic carbocycles. The molecular formula is C4H6N4. The van der Waals surface area contributed by atoms with Crippen molar-refractivity contribution in [3.63, 3.8) is 0 Å². The summed E-state index contributed by atoms with van der Waals surface area (Å²) in [7, 11) is 0. The molecule has 0 saturated carbocycles. The van der Waals surface area contributed by atoms with Crippen molar-refractivity contribution in [1.29, 1.82) is 10.8 Å². The largest absolute Gasteiger partial charge is 0.395 e.